The molecule has 3 rings (SSSR count). The maximum absolute atomic E-state index is 12.3. The predicted molar refractivity (Wildman–Crippen MR) is 104 cm³/mol. The van der Waals surface area contributed by atoms with E-state index in [1.165, 1.54) is 0 Å². The van der Waals surface area contributed by atoms with Gasteiger partial charge in [-0.15, -0.1) is 0 Å². The largest absolute Gasteiger partial charge is 0.325 e. The minimum Gasteiger partial charge on any atom is -0.325 e. The fourth-order valence-corrected chi connectivity index (χ4v) is 3.11. The first-order valence-corrected chi connectivity index (χ1v) is 8.45. The van der Waals surface area contributed by atoms with Crippen LogP contribution in [0.4, 0.5) is 11.4 Å². The summed E-state index contributed by atoms with van der Waals surface area (Å²) in [6.07, 6.45) is 1.42. The van der Waals surface area contributed by atoms with Crippen LogP contribution in [0, 0.1) is 20.8 Å². The van der Waals surface area contributed by atoms with Gasteiger partial charge < -0.3 is 10.6 Å². The van der Waals surface area contributed by atoms with Crippen molar-refractivity contribution in [2.75, 3.05) is 10.6 Å². The van der Waals surface area contributed by atoms with Crippen LogP contribution < -0.4 is 10.6 Å². The van der Waals surface area contributed by atoms with Crippen LogP contribution in [0.2, 0.25) is 0 Å². The van der Waals surface area contributed by atoms with E-state index in [1.54, 1.807) is 12.3 Å². The van der Waals surface area contributed by atoms with Gasteiger partial charge in [-0.25, -0.2) is 0 Å². The summed E-state index contributed by atoms with van der Waals surface area (Å²) in [5, 5.41) is 6.55. The lowest BCUT2D eigenvalue weighted by molar-refractivity contribution is -0.123. The van der Waals surface area contributed by atoms with Crippen molar-refractivity contribution in [2.24, 2.45) is 0 Å². The molecule has 5 nitrogen and oxygen atoms in total. The second kappa shape index (κ2) is 7.35. The molecule has 0 radical (unpaired) electrons. The van der Waals surface area contributed by atoms with Crippen molar-refractivity contribution in [3.63, 3.8) is 0 Å². The van der Waals surface area contributed by atoms with Crippen LogP contribution in [0.15, 0.2) is 48.7 Å². The van der Waals surface area contributed by atoms with Gasteiger partial charge in [-0.3, -0.25) is 14.6 Å². The molecule has 26 heavy (non-hydrogen) atoms. The fraction of sp³-hybridized carbons (Fsp3) is 0.190. The molecule has 2 N–H and O–H groups in total. The smallest absolute Gasteiger partial charge is 0.233 e. The number of carbonyl (C=O) groups is 2. The molecular weight excluding hydrogens is 326 g/mol. The Kier molecular flexibility index (Phi) is 4.98. The van der Waals surface area contributed by atoms with Crippen LogP contribution in [0.25, 0.3) is 10.9 Å². The van der Waals surface area contributed by atoms with Gasteiger partial charge in [-0.1, -0.05) is 35.9 Å². The Hall–Kier alpha value is -3.21. The van der Waals surface area contributed by atoms with Crippen LogP contribution in [0.3, 0.4) is 0 Å². The van der Waals surface area contributed by atoms with Crippen molar-refractivity contribution in [2.45, 2.75) is 27.2 Å². The molecule has 2 aromatic carbocycles. The van der Waals surface area contributed by atoms with E-state index in [1.807, 2.05) is 57.2 Å². The highest BCUT2D eigenvalue weighted by molar-refractivity contribution is 6.10. The molecule has 1 heterocycles. The number of anilines is 2. The first-order chi connectivity index (χ1) is 12.4. The van der Waals surface area contributed by atoms with Crippen molar-refractivity contribution < 1.29 is 9.59 Å². The lowest BCUT2D eigenvalue weighted by Gasteiger charge is -2.13. The summed E-state index contributed by atoms with van der Waals surface area (Å²) in [6.45, 7) is 5.90. The van der Waals surface area contributed by atoms with E-state index in [9.17, 15) is 9.59 Å². The monoisotopic (exact) mass is 347 g/mol. The summed E-state index contributed by atoms with van der Waals surface area (Å²) in [4.78, 5) is 28.9. The standard InChI is InChI=1S/C21H21N3O2/c1-13-10-14(2)20(15(3)11-13)24-19(26)12-18(25)23-17-8-4-6-16-7-5-9-22-21(16)17/h4-11H,12H2,1-3H3,(H,23,25)(H,24,26). The lowest BCUT2D eigenvalue weighted by Crippen LogP contribution is -2.22. The van der Waals surface area contributed by atoms with Crippen molar-refractivity contribution in [3.05, 3.63) is 65.4 Å². The second-order valence-corrected chi connectivity index (χ2v) is 6.43. The Labute approximate surface area is 152 Å². The van der Waals surface area contributed by atoms with Gasteiger partial charge in [0.25, 0.3) is 0 Å². The number of nitrogens with zero attached hydrogens (tertiary/aromatic N) is 1. The van der Waals surface area contributed by atoms with Crippen LogP contribution in [0.5, 0.6) is 0 Å². The number of para-hydroxylation sites is 1. The van der Waals surface area contributed by atoms with Crippen molar-refractivity contribution in [1.29, 1.82) is 0 Å². The Morgan fingerprint density at radius 3 is 2.31 bits per heavy atom. The van der Waals surface area contributed by atoms with E-state index in [-0.39, 0.29) is 18.2 Å². The van der Waals surface area contributed by atoms with Gasteiger partial charge in [0.05, 0.1) is 11.2 Å². The number of hydrogen-bond donors (Lipinski definition) is 2. The zero-order valence-corrected chi connectivity index (χ0v) is 15.1. The van der Waals surface area contributed by atoms with E-state index in [0.29, 0.717) is 11.2 Å². The van der Waals surface area contributed by atoms with E-state index in [2.05, 4.69) is 15.6 Å². The molecule has 1 aromatic heterocycles. The van der Waals surface area contributed by atoms with E-state index < -0.39 is 0 Å². The zero-order chi connectivity index (χ0) is 18.7. The maximum Gasteiger partial charge on any atom is 0.233 e. The quantitative estimate of drug-likeness (QED) is 0.697. The second-order valence-electron chi connectivity index (χ2n) is 6.43. The average Bonchev–Trinajstić information content (AvgIpc) is 2.58. The van der Waals surface area contributed by atoms with Crippen LogP contribution in [-0.2, 0) is 9.59 Å². The molecular formula is C21H21N3O2. The van der Waals surface area contributed by atoms with Gasteiger partial charge in [-0.2, -0.15) is 0 Å². The van der Waals surface area contributed by atoms with Crippen LogP contribution in [0.1, 0.15) is 23.1 Å². The SMILES string of the molecule is Cc1cc(C)c(NC(=O)CC(=O)Nc2cccc3cccnc23)c(C)c1. The van der Waals surface area contributed by atoms with Gasteiger partial charge in [0.1, 0.15) is 6.42 Å². The first kappa shape index (κ1) is 17.6. The highest BCUT2D eigenvalue weighted by atomic mass is 16.2. The van der Waals surface area contributed by atoms with Crippen LogP contribution in [-0.4, -0.2) is 16.8 Å². The normalized spacial score (nSPS) is 10.6. The third-order valence-corrected chi connectivity index (χ3v) is 4.17. The average molecular weight is 347 g/mol. The molecule has 0 aliphatic rings. The number of hydrogen-bond acceptors (Lipinski definition) is 3. The number of nitrogens with one attached hydrogen (secondary N) is 2. The Bertz CT molecular complexity index is 967. The number of aromatic nitrogens is 1. The summed E-state index contributed by atoms with van der Waals surface area (Å²) in [7, 11) is 0. The molecule has 0 saturated heterocycles. The summed E-state index contributed by atoms with van der Waals surface area (Å²) in [5.74, 6) is -0.714. The van der Waals surface area contributed by atoms with Gasteiger partial charge in [0, 0.05) is 17.3 Å². The summed E-state index contributed by atoms with van der Waals surface area (Å²) in [6, 6.07) is 13.3. The number of aryl methyl sites for hydroxylation is 3. The Morgan fingerprint density at radius 2 is 1.58 bits per heavy atom. The van der Waals surface area contributed by atoms with Crippen molar-refractivity contribution >= 4 is 34.1 Å². The number of amides is 2. The van der Waals surface area contributed by atoms with E-state index in [0.717, 1.165) is 27.8 Å². The molecule has 2 amide bonds. The topological polar surface area (TPSA) is 71.1 Å². The third-order valence-electron chi connectivity index (χ3n) is 4.17. The molecule has 132 valence electrons. The molecule has 0 aliphatic carbocycles. The minimum absolute atomic E-state index is 0.254. The van der Waals surface area contributed by atoms with Crippen LogP contribution >= 0.6 is 0 Å². The fourth-order valence-electron chi connectivity index (χ4n) is 3.11. The van der Waals surface area contributed by atoms with Gasteiger partial charge >= 0.3 is 0 Å². The van der Waals surface area contributed by atoms with E-state index in [4.69, 9.17) is 0 Å². The first-order valence-electron chi connectivity index (χ1n) is 8.45. The summed E-state index contributed by atoms with van der Waals surface area (Å²) >= 11 is 0. The molecule has 0 atom stereocenters. The zero-order valence-electron chi connectivity index (χ0n) is 15.1. The molecule has 0 fully saturated rings. The van der Waals surface area contributed by atoms with Gasteiger partial charge in [0.15, 0.2) is 0 Å². The van der Waals surface area contributed by atoms with Crippen molar-refractivity contribution in [1.82, 2.24) is 4.98 Å². The predicted octanol–water partition coefficient (Wildman–Crippen LogP) is 4.13. The molecule has 0 unspecified atom stereocenters. The van der Waals surface area contributed by atoms with Gasteiger partial charge in [0.2, 0.25) is 11.8 Å². The highest BCUT2D eigenvalue weighted by Gasteiger charge is 2.14. The summed E-state index contributed by atoms with van der Waals surface area (Å²) < 4.78 is 0. The highest BCUT2D eigenvalue weighted by Crippen LogP contribution is 2.23. The molecule has 0 aliphatic heterocycles. The molecule has 0 spiro atoms. The van der Waals surface area contributed by atoms with Gasteiger partial charge in [-0.05, 0) is 44.0 Å². The molecule has 3 aromatic rings. The number of rotatable bonds is 4. The third kappa shape index (κ3) is 3.88. The molecule has 0 saturated carbocycles. The maximum atomic E-state index is 12.3. The number of fused-ring (bicyclic) bond motifs is 1. The van der Waals surface area contributed by atoms with Crippen molar-refractivity contribution in [3.8, 4) is 0 Å². The number of carbonyl (C=O) groups excluding carboxylic acids is 2. The lowest BCUT2D eigenvalue weighted by atomic mass is 10.0. The Morgan fingerprint density at radius 1 is 0.923 bits per heavy atom. The number of benzene rings is 2. The van der Waals surface area contributed by atoms with E-state index >= 15 is 0 Å². The summed E-state index contributed by atoms with van der Waals surface area (Å²) in [5.41, 5.74) is 5.17. The minimum atomic E-state index is -0.372. The number of pyridine rings is 1. The Balaban J connectivity index is 1.69. The molecule has 5 heteroatoms. The molecule has 0 bridgehead atoms.